The minimum atomic E-state index is 0.185. The average molecular weight is 267 g/mol. The zero-order chi connectivity index (χ0) is 13.0. The first-order valence-corrected chi connectivity index (χ1v) is 8.08. The van der Waals surface area contributed by atoms with Crippen LogP contribution in [0.1, 0.15) is 60.1 Å². The molecule has 3 heteroatoms. The average Bonchev–Trinajstić information content (AvgIpc) is 2.78. The van der Waals surface area contributed by atoms with Crippen molar-refractivity contribution in [1.82, 2.24) is 0 Å². The first-order valence-electron chi connectivity index (χ1n) is 7.26. The maximum Gasteiger partial charge on any atom is 0.104 e. The van der Waals surface area contributed by atoms with Crippen molar-refractivity contribution in [3.05, 3.63) is 20.9 Å². The van der Waals surface area contributed by atoms with Gasteiger partial charge in [-0.25, -0.2) is 0 Å². The van der Waals surface area contributed by atoms with Gasteiger partial charge in [0.05, 0.1) is 6.61 Å². The third kappa shape index (κ3) is 2.79. The van der Waals surface area contributed by atoms with Crippen LogP contribution >= 0.6 is 11.3 Å². The van der Waals surface area contributed by atoms with Crippen LogP contribution < -0.4 is 5.73 Å². The van der Waals surface area contributed by atoms with Crippen LogP contribution in [0.5, 0.6) is 0 Å². The summed E-state index contributed by atoms with van der Waals surface area (Å²) >= 11 is 1.97. The van der Waals surface area contributed by atoms with Crippen LogP contribution in [0.4, 0.5) is 0 Å². The van der Waals surface area contributed by atoms with Crippen molar-refractivity contribution in [2.75, 3.05) is 13.2 Å². The predicted octanol–water partition coefficient (Wildman–Crippen LogP) is 3.62. The molecule has 102 valence electrons. The molecule has 0 bridgehead atoms. The molecule has 0 spiro atoms. The van der Waals surface area contributed by atoms with E-state index in [0.29, 0.717) is 6.54 Å². The Labute approximate surface area is 115 Å². The molecule has 1 aromatic heterocycles. The second-order valence-corrected chi connectivity index (χ2v) is 6.24. The second-order valence-electron chi connectivity index (χ2n) is 5.11. The molecule has 0 saturated carbocycles. The molecule has 1 aliphatic carbocycles. The van der Waals surface area contributed by atoms with Crippen molar-refractivity contribution < 1.29 is 4.74 Å². The summed E-state index contributed by atoms with van der Waals surface area (Å²) in [5.41, 5.74) is 9.01. The third-order valence-electron chi connectivity index (χ3n) is 3.49. The van der Waals surface area contributed by atoms with E-state index in [1.54, 1.807) is 16.0 Å². The lowest BCUT2D eigenvalue weighted by molar-refractivity contribution is 0.0513. The molecule has 0 fully saturated rings. The summed E-state index contributed by atoms with van der Waals surface area (Å²) in [5.74, 6) is 0. The Morgan fingerprint density at radius 3 is 2.61 bits per heavy atom. The van der Waals surface area contributed by atoms with Crippen LogP contribution in [-0.2, 0) is 24.0 Å². The van der Waals surface area contributed by atoms with Gasteiger partial charge >= 0.3 is 0 Å². The SMILES string of the molecule is CCC.NCC1OCCc2c1sc1c2CCCC1. The summed E-state index contributed by atoms with van der Waals surface area (Å²) in [5, 5.41) is 0. The smallest absolute Gasteiger partial charge is 0.104 e. The number of thiophene rings is 1. The van der Waals surface area contributed by atoms with Gasteiger partial charge in [-0.2, -0.15) is 0 Å². The molecule has 0 amide bonds. The van der Waals surface area contributed by atoms with Gasteiger partial charge in [-0.05, 0) is 43.2 Å². The van der Waals surface area contributed by atoms with Crippen molar-refractivity contribution in [3.63, 3.8) is 0 Å². The first kappa shape index (κ1) is 14.0. The molecule has 0 aromatic carbocycles. The van der Waals surface area contributed by atoms with Crippen LogP contribution in [0.15, 0.2) is 0 Å². The number of aryl methyl sites for hydroxylation is 1. The van der Waals surface area contributed by atoms with Gasteiger partial charge in [0.25, 0.3) is 0 Å². The molecule has 0 radical (unpaired) electrons. The van der Waals surface area contributed by atoms with Crippen LogP contribution in [0.3, 0.4) is 0 Å². The highest BCUT2D eigenvalue weighted by atomic mass is 32.1. The number of ether oxygens (including phenoxy) is 1. The summed E-state index contributed by atoms with van der Waals surface area (Å²) in [7, 11) is 0. The van der Waals surface area contributed by atoms with Crippen molar-refractivity contribution >= 4 is 11.3 Å². The van der Waals surface area contributed by atoms with Gasteiger partial charge in [0.1, 0.15) is 6.10 Å². The zero-order valence-electron chi connectivity index (χ0n) is 11.6. The summed E-state index contributed by atoms with van der Waals surface area (Å²) in [4.78, 5) is 3.06. The lowest BCUT2D eigenvalue weighted by Crippen LogP contribution is -2.22. The van der Waals surface area contributed by atoms with Crippen molar-refractivity contribution in [3.8, 4) is 0 Å². The molecule has 2 aliphatic rings. The maximum atomic E-state index is 5.76. The summed E-state index contributed by atoms with van der Waals surface area (Å²) in [6.45, 7) is 5.74. The monoisotopic (exact) mass is 267 g/mol. The Bertz CT molecular complexity index is 386. The fourth-order valence-corrected chi connectivity index (χ4v) is 4.25. The van der Waals surface area contributed by atoms with Gasteiger partial charge < -0.3 is 10.5 Å². The Balaban J connectivity index is 0.000000367. The molecular formula is C15H25NOS. The molecule has 2 heterocycles. The highest BCUT2D eigenvalue weighted by Crippen LogP contribution is 2.40. The van der Waals surface area contributed by atoms with Crippen molar-refractivity contribution in [1.29, 1.82) is 0 Å². The molecular weight excluding hydrogens is 242 g/mol. The lowest BCUT2D eigenvalue weighted by atomic mass is 9.92. The summed E-state index contributed by atoms with van der Waals surface area (Å²) in [6, 6.07) is 0. The molecule has 1 atom stereocenters. The molecule has 1 unspecified atom stereocenters. The van der Waals surface area contributed by atoms with E-state index >= 15 is 0 Å². The van der Waals surface area contributed by atoms with Gasteiger partial charge in [-0.15, -0.1) is 11.3 Å². The number of hydrogen-bond donors (Lipinski definition) is 1. The molecule has 0 saturated heterocycles. The quantitative estimate of drug-likeness (QED) is 0.843. The van der Waals surface area contributed by atoms with Gasteiger partial charge in [-0.3, -0.25) is 0 Å². The van der Waals surface area contributed by atoms with E-state index in [2.05, 4.69) is 13.8 Å². The van der Waals surface area contributed by atoms with Gasteiger partial charge in [0, 0.05) is 16.3 Å². The minimum absolute atomic E-state index is 0.185. The molecule has 2 N–H and O–H groups in total. The third-order valence-corrected chi connectivity index (χ3v) is 4.92. The Morgan fingerprint density at radius 2 is 1.89 bits per heavy atom. The maximum absolute atomic E-state index is 5.76. The number of fused-ring (bicyclic) bond motifs is 3. The van der Waals surface area contributed by atoms with Crippen molar-refractivity contribution in [2.24, 2.45) is 5.73 Å². The van der Waals surface area contributed by atoms with Gasteiger partial charge in [-0.1, -0.05) is 20.3 Å². The Morgan fingerprint density at radius 1 is 1.17 bits per heavy atom. The van der Waals surface area contributed by atoms with E-state index in [-0.39, 0.29) is 6.10 Å². The van der Waals surface area contributed by atoms with E-state index in [1.165, 1.54) is 37.0 Å². The minimum Gasteiger partial charge on any atom is -0.371 e. The van der Waals surface area contributed by atoms with E-state index in [9.17, 15) is 0 Å². The molecule has 2 nitrogen and oxygen atoms in total. The standard InChI is InChI=1S/C12H17NOS.C3H8/c13-7-10-12-9(5-6-14-10)8-3-1-2-4-11(8)15-12;1-3-2/h10H,1-7,13H2;3H2,1-2H3. The number of nitrogens with two attached hydrogens (primary N) is 1. The highest BCUT2D eigenvalue weighted by molar-refractivity contribution is 7.12. The normalized spacial score (nSPS) is 21.6. The fourth-order valence-electron chi connectivity index (χ4n) is 2.74. The molecule has 1 aromatic rings. The largest absolute Gasteiger partial charge is 0.371 e. The van der Waals surface area contributed by atoms with E-state index in [4.69, 9.17) is 10.5 Å². The van der Waals surface area contributed by atoms with E-state index in [0.717, 1.165) is 13.0 Å². The van der Waals surface area contributed by atoms with Crippen LogP contribution in [0, 0.1) is 0 Å². The first-order chi connectivity index (χ1) is 8.81. The number of hydrogen-bond acceptors (Lipinski definition) is 3. The van der Waals surface area contributed by atoms with Crippen LogP contribution in [0.25, 0.3) is 0 Å². The highest BCUT2D eigenvalue weighted by Gasteiger charge is 2.27. The van der Waals surface area contributed by atoms with E-state index < -0.39 is 0 Å². The van der Waals surface area contributed by atoms with Gasteiger partial charge in [0.2, 0.25) is 0 Å². The summed E-state index contributed by atoms with van der Waals surface area (Å²) < 4.78 is 5.72. The number of rotatable bonds is 1. The van der Waals surface area contributed by atoms with Crippen LogP contribution in [-0.4, -0.2) is 13.2 Å². The summed E-state index contributed by atoms with van der Waals surface area (Å²) in [6.07, 6.45) is 7.84. The predicted molar refractivity (Wildman–Crippen MR) is 78.4 cm³/mol. The molecule has 1 aliphatic heterocycles. The van der Waals surface area contributed by atoms with E-state index in [1.807, 2.05) is 11.3 Å². The van der Waals surface area contributed by atoms with Gasteiger partial charge in [0.15, 0.2) is 0 Å². The zero-order valence-corrected chi connectivity index (χ0v) is 12.4. The fraction of sp³-hybridized carbons (Fsp3) is 0.733. The molecule has 3 rings (SSSR count). The topological polar surface area (TPSA) is 35.2 Å². The lowest BCUT2D eigenvalue weighted by Gasteiger charge is -2.22. The van der Waals surface area contributed by atoms with Crippen molar-refractivity contribution in [2.45, 2.75) is 58.5 Å². The second kappa shape index (κ2) is 6.69. The Hall–Kier alpha value is -0.380. The molecule has 18 heavy (non-hydrogen) atoms. The van der Waals surface area contributed by atoms with Crippen LogP contribution in [0.2, 0.25) is 0 Å². The Kier molecular flexibility index (Phi) is 5.22.